The summed E-state index contributed by atoms with van der Waals surface area (Å²) in [5.41, 5.74) is 1.77. The maximum absolute atomic E-state index is 13.5. The Morgan fingerprint density at radius 2 is 1.83 bits per heavy atom. The highest BCUT2D eigenvalue weighted by Gasteiger charge is 2.46. The van der Waals surface area contributed by atoms with E-state index in [1.165, 1.54) is 29.2 Å². The van der Waals surface area contributed by atoms with Gasteiger partial charge in [0, 0.05) is 5.56 Å². The number of likely N-dealkylation sites (N-methyl/N-ethyl adjacent to an activating group) is 1. The molecule has 0 saturated carbocycles. The monoisotopic (exact) mass is 413 g/mol. The molecule has 0 bridgehead atoms. The Balaban J connectivity index is 2.14. The zero-order chi connectivity index (χ0) is 22.0. The maximum atomic E-state index is 13.5. The molecule has 0 radical (unpaired) electrons. The number of rotatable bonds is 6. The molecule has 2 aromatic carbocycles. The zero-order valence-corrected chi connectivity index (χ0v) is 17.5. The average molecular weight is 413 g/mol. The summed E-state index contributed by atoms with van der Waals surface area (Å²) in [6.45, 7) is 2.77. The number of hydrogen-bond acceptors (Lipinski definition) is 4. The summed E-state index contributed by atoms with van der Waals surface area (Å²) in [4.78, 5) is 28.3. The fourth-order valence-electron chi connectivity index (χ4n) is 3.63. The number of nitrogens with zero attached hydrogens (tertiary/aromatic N) is 1. The molecule has 158 valence electrons. The Morgan fingerprint density at radius 3 is 2.40 bits per heavy atom. The quantitative estimate of drug-likeness (QED) is 0.430. The number of ether oxygens (including phenoxy) is 1. The number of amides is 1. The number of nitrogens with one attached hydrogen (secondary N) is 1. The molecular weight excluding hydrogens is 387 g/mol. The number of benzene rings is 2. The van der Waals surface area contributed by atoms with E-state index < -0.39 is 23.5 Å². The van der Waals surface area contributed by atoms with Crippen molar-refractivity contribution in [2.75, 3.05) is 34.3 Å². The molecule has 6 nitrogen and oxygen atoms in total. The molecule has 7 heteroatoms. The van der Waals surface area contributed by atoms with Gasteiger partial charge in [0.1, 0.15) is 17.3 Å². The van der Waals surface area contributed by atoms with Crippen LogP contribution in [0.25, 0.3) is 5.76 Å². The fourth-order valence-corrected chi connectivity index (χ4v) is 3.63. The van der Waals surface area contributed by atoms with Crippen molar-refractivity contribution in [1.29, 1.82) is 0 Å². The van der Waals surface area contributed by atoms with Crippen LogP contribution in [0.15, 0.2) is 48.0 Å². The SMILES string of the molecule is COc1ccc(/C(O)=C2\C(=O)C(=O)N(CC[NH+](C)C)[C@@H]2c2ccc(F)cc2)cc1C. The van der Waals surface area contributed by atoms with Crippen LogP contribution < -0.4 is 9.64 Å². The van der Waals surface area contributed by atoms with Gasteiger partial charge in [-0.2, -0.15) is 0 Å². The van der Waals surface area contributed by atoms with Gasteiger partial charge >= 0.3 is 0 Å². The smallest absolute Gasteiger partial charge is 0.295 e. The van der Waals surface area contributed by atoms with Crippen molar-refractivity contribution in [3.63, 3.8) is 0 Å². The number of Topliss-reactive ketones (excluding diaryl/α,β-unsaturated/α-hetero) is 1. The van der Waals surface area contributed by atoms with Crippen molar-refractivity contribution in [2.45, 2.75) is 13.0 Å². The summed E-state index contributed by atoms with van der Waals surface area (Å²) in [7, 11) is 5.45. The second kappa shape index (κ2) is 8.67. The van der Waals surface area contributed by atoms with Crippen molar-refractivity contribution in [1.82, 2.24) is 4.90 Å². The van der Waals surface area contributed by atoms with Gasteiger partial charge in [-0.15, -0.1) is 0 Å². The third kappa shape index (κ3) is 4.07. The van der Waals surface area contributed by atoms with E-state index >= 15 is 0 Å². The number of methoxy groups -OCH3 is 1. The van der Waals surface area contributed by atoms with Crippen molar-refractivity contribution in [3.8, 4) is 5.75 Å². The summed E-state index contributed by atoms with van der Waals surface area (Å²) < 4.78 is 18.7. The molecule has 1 heterocycles. The van der Waals surface area contributed by atoms with Crippen molar-refractivity contribution in [2.24, 2.45) is 0 Å². The van der Waals surface area contributed by atoms with Crippen LogP contribution in [-0.4, -0.2) is 56.0 Å². The van der Waals surface area contributed by atoms with Crippen molar-refractivity contribution in [3.05, 3.63) is 70.5 Å². The molecular formula is C23H26FN2O4+. The minimum atomic E-state index is -0.785. The minimum Gasteiger partial charge on any atom is -0.507 e. The lowest BCUT2D eigenvalue weighted by atomic mass is 9.94. The van der Waals surface area contributed by atoms with E-state index in [0.717, 1.165) is 10.5 Å². The molecule has 0 unspecified atom stereocenters. The maximum Gasteiger partial charge on any atom is 0.295 e. The second-order valence-corrected chi connectivity index (χ2v) is 7.69. The fraction of sp³-hybridized carbons (Fsp3) is 0.304. The van der Waals surface area contributed by atoms with Crippen LogP contribution in [0.2, 0.25) is 0 Å². The molecule has 3 rings (SSSR count). The van der Waals surface area contributed by atoms with Crippen LogP contribution in [0.4, 0.5) is 4.39 Å². The first-order valence-electron chi connectivity index (χ1n) is 9.72. The van der Waals surface area contributed by atoms with Gasteiger partial charge in [0.15, 0.2) is 0 Å². The largest absolute Gasteiger partial charge is 0.507 e. The molecule has 2 N–H and O–H groups in total. The van der Waals surface area contributed by atoms with Crippen LogP contribution in [0.3, 0.4) is 0 Å². The van der Waals surface area contributed by atoms with E-state index in [1.807, 2.05) is 21.0 Å². The first-order valence-corrected chi connectivity index (χ1v) is 9.72. The third-order valence-electron chi connectivity index (χ3n) is 5.25. The number of aryl methyl sites for hydroxylation is 1. The van der Waals surface area contributed by atoms with Crippen LogP contribution in [0.5, 0.6) is 5.75 Å². The highest BCUT2D eigenvalue weighted by molar-refractivity contribution is 6.46. The Labute approximate surface area is 175 Å². The molecule has 1 aliphatic heterocycles. The molecule has 0 aliphatic carbocycles. The number of halogens is 1. The summed E-state index contributed by atoms with van der Waals surface area (Å²) in [6.07, 6.45) is 0. The zero-order valence-electron chi connectivity index (χ0n) is 17.5. The van der Waals surface area contributed by atoms with Crippen LogP contribution >= 0.6 is 0 Å². The van der Waals surface area contributed by atoms with Gasteiger partial charge in [0.05, 0.1) is 45.9 Å². The number of hydrogen-bond donors (Lipinski definition) is 2. The molecule has 1 atom stereocenters. The number of ketones is 1. The van der Waals surface area contributed by atoms with Crippen LogP contribution in [0.1, 0.15) is 22.7 Å². The third-order valence-corrected chi connectivity index (χ3v) is 5.25. The van der Waals surface area contributed by atoms with E-state index in [9.17, 15) is 19.1 Å². The van der Waals surface area contributed by atoms with Gasteiger partial charge in [-0.05, 0) is 48.4 Å². The topological polar surface area (TPSA) is 71.3 Å². The normalized spacial score (nSPS) is 18.3. The minimum absolute atomic E-state index is 0.00457. The second-order valence-electron chi connectivity index (χ2n) is 7.69. The summed E-state index contributed by atoms with van der Waals surface area (Å²) in [6, 6.07) is 9.89. The number of carbonyl (C=O) groups excluding carboxylic acids is 2. The summed E-state index contributed by atoms with van der Waals surface area (Å²) in [5.74, 6) is -1.44. The molecule has 1 aliphatic rings. The molecule has 0 spiro atoms. The van der Waals surface area contributed by atoms with E-state index in [1.54, 1.807) is 25.3 Å². The number of aliphatic hydroxyl groups is 1. The van der Waals surface area contributed by atoms with Crippen LogP contribution in [-0.2, 0) is 9.59 Å². The van der Waals surface area contributed by atoms with Gasteiger partial charge in [0.2, 0.25) is 0 Å². The van der Waals surface area contributed by atoms with E-state index in [4.69, 9.17) is 4.74 Å². The summed E-state index contributed by atoms with van der Waals surface area (Å²) in [5, 5.41) is 11.0. The summed E-state index contributed by atoms with van der Waals surface area (Å²) >= 11 is 0. The molecule has 1 amide bonds. The lowest BCUT2D eigenvalue weighted by Gasteiger charge is -2.25. The Morgan fingerprint density at radius 1 is 1.17 bits per heavy atom. The molecule has 1 saturated heterocycles. The highest BCUT2D eigenvalue weighted by atomic mass is 19.1. The lowest BCUT2D eigenvalue weighted by Crippen LogP contribution is -3.06. The number of carbonyl (C=O) groups is 2. The molecule has 30 heavy (non-hydrogen) atoms. The predicted octanol–water partition coefficient (Wildman–Crippen LogP) is 1.71. The van der Waals surface area contributed by atoms with E-state index in [-0.39, 0.29) is 11.3 Å². The molecule has 0 aromatic heterocycles. The van der Waals surface area contributed by atoms with Gasteiger partial charge in [-0.1, -0.05) is 12.1 Å². The van der Waals surface area contributed by atoms with Gasteiger partial charge in [0.25, 0.3) is 11.7 Å². The lowest BCUT2D eigenvalue weighted by molar-refractivity contribution is -0.857. The van der Waals surface area contributed by atoms with Crippen molar-refractivity contribution < 1.29 is 28.7 Å². The highest BCUT2D eigenvalue weighted by Crippen LogP contribution is 2.39. The first-order chi connectivity index (χ1) is 14.2. The number of quaternary nitrogens is 1. The standard InChI is InChI=1S/C23H25FN2O4/c1-14-13-16(7-10-18(14)30-4)21(27)19-20(15-5-8-17(24)9-6-15)26(12-11-25(2)3)23(29)22(19)28/h5-10,13,20,27H,11-12H2,1-4H3/p+1/b21-19+/t20-/m1/s1. The van der Waals surface area contributed by atoms with Crippen molar-refractivity contribution >= 4 is 17.4 Å². The average Bonchev–Trinajstić information content (AvgIpc) is 2.96. The van der Waals surface area contributed by atoms with E-state index in [0.29, 0.717) is 30.0 Å². The molecule has 2 aromatic rings. The first kappa shape index (κ1) is 21.5. The number of likely N-dealkylation sites (tertiary alicyclic amines) is 1. The number of aliphatic hydroxyl groups excluding tert-OH is 1. The Kier molecular flexibility index (Phi) is 6.22. The van der Waals surface area contributed by atoms with Crippen LogP contribution in [0, 0.1) is 12.7 Å². The Bertz CT molecular complexity index is 999. The predicted molar refractivity (Wildman–Crippen MR) is 111 cm³/mol. The van der Waals surface area contributed by atoms with Gasteiger partial charge < -0.3 is 19.6 Å². The van der Waals surface area contributed by atoms with Gasteiger partial charge in [-0.25, -0.2) is 4.39 Å². The Hall–Kier alpha value is -3.19. The van der Waals surface area contributed by atoms with Gasteiger partial charge in [-0.3, -0.25) is 9.59 Å². The van der Waals surface area contributed by atoms with E-state index in [2.05, 4.69) is 0 Å². The molecule has 1 fully saturated rings.